The standard InChI is InChI=1S/C32H57NO9/c1-6-7-8-9-10-11-12-13-14-15-16-17-18-19-20-21-22-38-32-29(33-24(2)34)31(41-27(5)37)30(40-26(4)36)28(42-32)23-39-25(3)35/h28-32H,6-23H2,1-5H3,(H,33,34)/t28-,29-,30-,31-,32-/m0/s1. The van der Waals surface area contributed by atoms with E-state index in [9.17, 15) is 19.2 Å². The number of carbonyl (C=O) groups is 4. The quantitative estimate of drug-likeness (QED) is 0.0865. The Morgan fingerprint density at radius 3 is 1.50 bits per heavy atom. The molecule has 42 heavy (non-hydrogen) atoms. The molecule has 1 N–H and O–H groups in total. The average Bonchev–Trinajstić information content (AvgIpc) is 2.91. The molecular formula is C32H57NO9. The fourth-order valence-electron chi connectivity index (χ4n) is 5.28. The molecule has 1 fully saturated rings. The molecule has 0 saturated carbocycles. The lowest BCUT2D eigenvalue weighted by atomic mass is 9.96. The first-order chi connectivity index (χ1) is 20.1. The molecule has 10 heteroatoms. The van der Waals surface area contributed by atoms with Gasteiger partial charge in [0.05, 0.1) is 0 Å². The van der Waals surface area contributed by atoms with Gasteiger partial charge in [0.1, 0.15) is 18.8 Å². The largest absolute Gasteiger partial charge is 0.463 e. The molecule has 1 rings (SSSR count). The number of rotatable bonds is 23. The van der Waals surface area contributed by atoms with Crippen LogP contribution in [0.1, 0.15) is 137 Å². The average molecular weight is 600 g/mol. The molecular weight excluding hydrogens is 542 g/mol. The van der Waals surface area contributed by atoms with Gasteiger partial charge in [-0.1, -0.05) is 103 Å². The van der Waals surface area contributed by atoms with Crippen LogP contribution in [0.4, 0.5) is 0 Å². The Morgan fingerprint density at radius 2 is 1.07 bits per heavy atom. The van der Waals surface area contributed by atoms with Crippen molar-refractivity contribution in [3.8, 4) is 0 Å². The Morgan fingerprint density at radius 1 is 0.619 bits per heavy atom. The molecule has 5 atom stereocenters. The molecule has 0 aromatic heterocycles. The highest BCUT2D eigenvalue weighted by molar-refractivity contribution is 5.73. The molecule has 1 aliphatic heterocycles. The summed E-state index contributed by atoms with van der Waals surface area (Å²) in [6.07, 6.45) is 16.1. The van der Waals surface area contributed by atoms with Gasteiger partial charge in [-0.15, -0.1) is 0 Å². The van der Waals surface area contributed by atoms with Crippen LogP contribution in [0.15, 0.2) is 0 Å². The molecule has 1 amide bonds. The SMILES string of the molecule is CCCCCCCCCCCCCCCCCCO[C@H]1O[C@@H](COC(C)=O)[C@H](OC(C)=O)[C@@H](OC(C)=O)[C@@H]1NC(C)=O. The number of hydrogen-bond acceptors (Lipinski definition) is 9. The Labute approximate surface area is 253 Å². The van der Waals surface area contributed by atoms with E-state index < -0.39 is 54.5 Å². The van der Waals surface area contributed by atoms with Crippen LogP contribution in [0.2, 0.25) is 0 Å². The lowest BCUT2D eigenvalue weighted by molar-refractivity contribution is -0.277. The summed E-state index contributed by atoms with van der Waals surface area (Å²) < 4.78 is 28.0. The van der Waals surface area contributed by atoms with Crippen molar-refractivity contribution in [2.45, 2.75) is 168 Å². The summed E-state index contributed by atoms with van der Waals surface area (Å²) in [6, 6.07) is -0.926. The van der Waals surface area contributed by atoms with Gasteiger partial charge in [0.15, 0.2) is 18.5 Å². The van der Waals surface area contributed by atoms with E-state index in [2.05, 4.69) is 12.2 Å². The van der Waals surface area contributed by atoms with Gasteiger partial charge in [-0.05, 0) is 6.42 Å². The van der Waals surface area contributed by atoms with E-state index in [-0.39, 0.29) is 6.61 Å². The maximum Gasteiger partial charge on any atom is 0.303 e. The number of carbonyl (C=O) groups excluding carboxylic acids is 4. The van der Waals surface area contributed by atoms with E-state index in [1.54, 1.807) is 0 Å². The number of ether oxygens (including phenoxy) is 5. The van der Waals surface area contributed by atoms with Gasteiger partial charge in [0.2, 0.25) is 5.91 Å². The highest BCUT2D eigenvalue weighted by atomic mass is 16.7. The number of amides is 1. The van der Waals surface area contributed by atoms with Gasteiger partial charge in [-0.3, -0.25) is 19.2 Å². The maximum atomic E-state index is 12.0. The van der Waals surface area contributed by atoms with Crippen molar-refractivity contribution in [3.63, 3.8) is 0 Å². The molecule has 0 bridgehead atoms. The topological polar surface area (TPSA) is 126 Å². The van der Waals surface area contributed by atoms with Crippen LogP contribution in [-0.4, -0.2) is 67.7 Å². The van der Waals surface area contributed by atoms with E-state index in [1.165, 1.54) is 111 Å². The Hall–Kier alpha value is -2.20. The number of nitrogens with one attached hydrogen (secondary N) is 1. The second kappa shape index (κ2) is 23.3. The van der Waals surface area contributed by atoms with Gasteiger partial charge < -0.3 is 29.0 Å². The molecule has 1 saturated heterocycles. The summed E-state index contributed by atoms with van der Waals surface area (Å²) in [5.74, 6) is -2.20. The van der Waals surface area contributed by atoms with Gasteiger partial charge in [0, 0.05) is 34.3 Å². The fraction of sp³-hybridized carbons (Fsp3) is 0.875. The van der Waals surface area contributed by atoms with Crippen LogP contribution in [0.25, 0.3) is 0 Å². The molecule has 0 aromatic rings. The van der Waals surface area contributed by atoms with Crippen LogP contribution in [0, 0.1) is 0 Å². The first kappa shape index (κ1) is 37.8. The van der Waals surface area contributed by atoms with Crippen LogP contribution in [0.3, 0.4) is 0 Å². The molecule has 10 nitrogen and oxygen atoms in total. The Kier molecular flexibility index (Phi) is 21.0. The van der Waals surface area contributed by atoms with Crippen molar-refractivity contribution < 1.29 is 42.9 Å². The molecule has 0 unspecified atom stereocenters. The maximum absolute atomic E-state index is 12.0. The number of hydrogen-bond donors (Lipinski definition) is 1. The lowest BCUT2D eigenvalue weighted by Crippen LogP contribution is -2.66. The molecule has 0 aromatic carbocycles. The van der Waals surface area contributed by atoms with Gasteiger partial charge >= 0.3 is 17.9 Å². The zero-order chi connectivity index (χ0) is 31.2. The van der Waals surface area contributed by atoms with Gasteiger partial charge in [-0.2, -0.15) is 0 Å². The number of esters is 3. The van der Waals surface area contributed by atoms with Gasteiger partial charge in [0.25, 0.3) is 0 Å². The fourth-order valence-corrected chi connectivity index (χ4v) is 5.28. The zero-order valence-corrected chi connectivity index (χ0v) is 26.8. The zero-order valence-electron chi connectivity index (χ0n) is 26.8. The normalized spacial score (nSPS) is 21.9. The van der Waals surface area contributed by atoms with Crippen LogP contribution < -0.4 is 5.32 Å². The van der Waals surface area contributed by atoms with Crippen LogP contribution in [0.5, 0.6) is 0 Å². The minimum Gasteiger partial charge on any atom is -0.463 e. The third-order valence-electron chi connectivity index (χ3n) is 7.35. The monoisotopic (exact) mass is 599 g/mol. The van der Waals surface area contributed by atoms with Crippen molar-refractivity contribution in [3.05, 3.63) is 0 Å². The molecule has 0 radical (unpaired) electrons. The van der Waals surface area contributed by atoms with Gasteiger partial charge in [-0.25, -0.2) is 0 Å². The Bertz CT molecular complexity index is 775. The van der Waals surface area contributed by atoms with E-state index in [4.69, 9.17) is 23.7 Å². The molecule has 0 aliphatic carbocycles. The highest BCUT2D eigenvalue weighted by Gasteiger charge is 2.51. The van der Waals surface area contributed by atoms with E-state index in [0.29, 0.717) is 6.61 Å². The summed E-state index contributed by atoms with van der Waals surface area (Å²) in [5, 5.41) is 2.72. The predicted octanol–water partition coefficient (Wildman–Crippen LogP) is 5.92. The highest BCUT2D eigenvalue weighted by Crippen LogP contribution is 2.28. The molecule has 1 heterocycles. The molecule has 244 valence electrons. The van der Waals surface area contributed by atoms with Crippen molar-refractivity contribution in [1.82, 2.24) is 5.32 Å². The molecule has 1 aliphatic rings. The summed E-state index contributed by atoms with van der Waals surface area (Å²) in [5.41, 5.74) is 0. The van der Waals surface area contributed by atoms with Crippen LogP contribution >= 0.6 is 0 Å². The number of unbranched alkanes of at least 4 members (excludes halogenated alkanes) is 15. The second-order valence-electron chi connectivity index (χ2n) is 11.4. The molecule has 0 spiro atoms. The first-order valence-electron chi connectivity index (χ1n) is 16.2. The predicted molar refractivity (Wildman–Crippen MR) is 160 cm³/mol. The Balaban J connectivity index is 2.46. The summed E-state index contributed by atoms with van der Waals surface area (Å²) >= 11 is 0. The summed E-state index contributed by atoms with van der Waals surface area (Å²) in [6.45, 7) is 7.39. The van der Waals surface area contributed by atoms with E-state index in [1.807, 2.05) is 0 Å². The van der Waals surface area contributed by atoms with E-state index >= 15 is 0 Å². The minimum absolute atomic E-state index is 0.239. The minimum atomic E-state index is -1.11. The second-order valence-corrected chi connectivity index (χ2v) is 11.4. The van der Waals surface area contributed by atoms with Crippen LogP contribution in [-0.2, 0) is 42.9 Å². The smallest absolute Gasteiger partial charge is 0.303 e. The first-order valence-corrected chi connectivity index (χ1v) is 16.2. The van der Waals surface area contributed by atoms with Crippen molar-refractivity contribution >= 4 is 23.8 Å². The van der Waals surface area contributed by atoms with Crippen molar-refractivity contribution in [2.75, 3.05) is 13.2 Å². The van der Waals surface area contributed by atoms with Crippen molar-refractivity contribution in [2.24, 2.45) is 0 Å². The van der Waals surface area contributed by atoms with Crippen molar-refractivity contribution in [1.29, 1.82) is 0 Å². The lowest BCUT2D eigenvalue weighted by Gasteiger charge is -2.44. The van der Waals surface area contributed by atoms with E-state index in [0.717, 1.165) is 19.3 Å². The third-order valence-corrected chi connectivity index (χ3v) is 7.35. The summed E-state index contributed by atoms with van der Waals surface area (Å²) in [4.78, 5) is 47.2. The third kappa shape index (κ3) is 17.7. The summed E-state index contributed by atoms with van der Waals surface area (Å²) in [7, 11) is 0.